The molecule has 1 atom stereocenters. The number of H-pyrrole nitrogens is 1. The summed E-state index contributed by atoms with van der Waals surface area (Å²) in [6.45, 7) is 4.89. The number of fused-ring (bicyclic) bond motifs is 2. The summed E-state index contributed by atoms with van der Waals surface area (Å²) < 4.78 is 5.76. The van der Waals surface area contributed by atoms with Crippen molar-refractivity contribution in [3.63, 3.8) is 0 Å². The lowest BCUT2D eigenvalue weighted by atomic mass is 10.0. The van der Waals surface area contributed by atoms with Crippen molar-refractivity contribution in [2.45, 2.75) is 19.8 Å². The Morgan fingerprint density at radius 3 is 2.95 bits per heavy atom. The fourth-order valence-corrected chi connectivity index (χ4v) is 3.04. The molecule has 3 nitrogen and oxygen atoms in total. The van der Waals surface area contributed by atoms with Crippen LogP contribution in [0.3, 0.4) is 0 Å². The van der Waals surface area contributed by atoms with Gasteiger partial charge in [0, 0.05) is 5.56 Å². The highest BCUT2D eigenvalue weighted by molar-refractivity contribution is 5.79. The Morgan fingerprint density at radius 2 is 2.05 bits per heavy atom. The molecule has 1 N–H and O–H groups in total. The predicted molar refractivity (Wildman–Crippen MR) is 79.3 cm³/mol. The molecule has 0 radical (unpaired) electrons. The van der Waals surface area contributed by atoms with Crippen LogP contribution in [-0.2, 0) is 0 Å². The summed E-state index contributed by atoms with van der Waals surface area (Å²) in [6, 6.07) is 12.5. The number of imidazole rings is 1. The molecule has 20 heavy (non-hydrogen) atoms. The van der Waals surface area contributed by atoms with Crippen LogP contribution >= 0.6 is 0 Å². The number of hydrogen-bond acceptors (Lipinski definition) is 2. The highest BCUT2D eigenvalue weighted by Gasteiger charge is 2.27. The molecule has 2 heterocycles. The summed E-state index contributed by atoms with van der Waals surface area (Å²) in [5.74, 6) is 2.18. The molecule has 3 aromatic rings. The summed E-state index contributed by atoms with van der Waals surface area (Å²) >= 11 is 0. The molecule has 1 unspecified atom stereocenters. The summed E-state index contributed by atoms with van der Waals surface area (Å²) in [4.78, 5) is 8.27. The molecule has 1 aromatic heterocycles. The van der Waals surface area contributed by atoms with Crippen molar-refractivity contribution < 1.29 is 4.74 Å². The van der Waals surface area contributed by atoms with Crippen LogP contribution in [0.1, 0.15) is 28.4 Å². The van der Waals surface area contributed by atoms with Gasteiger partial charge < -0.3 is 9.72 Å². The van der Waals surface area contributed by atoms with Gasteiger partial charge in [0.1, 0.15) is 18.2 Å². The first kappa shape index (κ1) is 11.5. The third kappa shape index (κ3) is 1.63. The van der Waals surface area contributed by atoms with Crippen molar-refractivity contribution in [3.8, 4) is 5.75 Å². The minimum atomic E-state index is 0.207. The minimum absolute atomic E-state index is 0.207. The van der Waals surface area contributed by atoms with Crippen LogP contribution in [0.5, 0.6) is 5.75 Å². The third-order valence-corrected chi connectivity index (χ3v) is 3.97. The highest BCUT2D eigenvalue weighted by atomic mass is 16.5. The van der Waals surface area contributed by atoms with Gasteiger partial charge in [0.25, 0.3) is 0 Å². The molecular weight excluding hydrogens is 248 g/mol. The van der Waals surface area contributed by atoms with Crippen molar-refractivity contribution >= 4 is 11.0 Å². The molecule has 0 saturated heterocycles. The monoisotopic (exact) mass is 264 g/mol. The lowest BCUT2D eigenvalue weighted by molar-refractivity contribution is 0.340. The second-order valence-corrected chi connectivity index (χ2v) is 5.50. The van der Waals surface area contributed by atoms with Gasteiger partial charge >= 0.3 is 0 Å². The van der Waals surface area contributed by atoms with E-state index >= 15 is 0 Å². The minimum Gasteiger partial charge on any atom is -0.492 e. The van der Waals surface area contributed by atoms with Gasteiger partial charge in [0.05, 0.1) is 17.0 Å². The first-order valence-electron chi connectivity index (χ1n) is 6.91. The van der Waals surface area contributed by atoms with Gasteiger partial charge in [-0.3, -0.25) is 0 Å². The highest BCUT2D eigenvalue weighted by Crippen LogP contribution is 2.37. The molecule has 0 saturated carbocycles. The number of aromatic amines is 1. The standard InChI is InChI=1S/C17H16N2O/c1-10-7-11(2)16-14(8-10)18-17(19-16)13-9-20-15-6-4-3-5-12(13)15/h3-8,13H,9H2,1-2H3,(H,18,19). The van der Waals surface area contributed by atoms with Gasteiger partial charge in [-0.2, -0.15) is 0 Å². The number of nitrogens with zero attached hydrogens (tertiary/aromatic N) is 1. The number of para-hydroxylation sites is 1. The first-order valence-corrected chi connectivity index (χ1v) is 6.91. The number of rotatable bonds is 1. The average Bonchev–Trinajstić information content (AvgIpc) is 3.01. The fraction of sp³-hybridized carbons (Fsp3) is 0.235. The maximum atomic E-state index is 5.76. The normalized spacial score (nSPS) is 17.2. The number of aryl methyl sites for hydroxylation is 2. The van der Waals surface area contributed by atoms with E-state index in [9.17, 15) is 0 Å². The summed E-state index contributed by atoms with van der Waals surface area (Å²) in [7, 11) is 0. The second-order valence-electron chi connectivity index (χ2n) is 5.50. The van der Waals surface area contributed by atoms with E-state index in [1.54, 1.807) is 0 Å². The van der Waals surface area contributed by atoms with Crippen molar-refractivity contribution in [2.75, 3.05) is 6.61 Å². The van der Waals surface area contributed by atoms with E-state index < -0.39 is 0 Å². The molecule has 3 heteroatoms. The van der Waals surface area contributed by atoms with E-state index in [1.807, 2.05) is 12.1 Å². The maximum absolute atomic E-state index is 5.76. The van der Waals surface area contributed by atoms with Gasteiger partial charge in [-0.25, -0.2) is 4.98 Å². The molecule has 1 aliphatic heterocycles. The molecular formula is C17H16N2O. The molecule has 0 fully saturated rings. The smallest absolute Gasteiger partial charge is 0.123 e. The van der Waals surface area contributed by atoms with Crippen molar-refractivity contribution in [3.05, 3.63) is 58.9 Å². The molecule has 0 amide bonds. The predicted octanol–water partition coefficient (Wildman–Crippen LogP) is 3.70. The quantitative estimate of drug-likeness (QED) is 0.727. The molecule has 0 spiro atoms. The fourth-order valence-electron chi connectivity index (χ4n) is 3.04. The SMILES string of the molecule is Cc1cc(C)c2nc(C3COc4ccccc43)[nH]c2c1. The van der Waals surface area contributed by atoms with Crippen LogP contribution in [0.2, 0.25) is 0 Å². The van der Waals surface area contributed by atoms with Gasteiger partial charge in [-0.1, -0.05) is 24.3 Å². The average molecular weight is 264 g/mol. The topological polar surface area (TPSA) is 37.9 Å². The van der Waals surface area contributed by atoms with E-state index in [0.717, 1.165) is 22.6 Å². The number of ether oxygens (including phenoxy) is 1. The molecule has 4 rings (SSSR count). The number of benzene rings is 2. The van der Waals surface area contributed by atoms with Crippen LogP contribution in [0.15, 0.2) is 36.4 Å². The van der Waals surface area contributed by atoms with E-state index in [-0.39, 0.29) is 5.92 Å². The number of nitrogens with one attached hydrogen (secondary N) is 1. The molecule has 1 aliphatic rings. The lowest BCUT2D eigenvalue weighted by Gasteiger charge is -2.03. The van der Waals surface area contributed by atoms with Crippen LogP contribution < -0.4 is 4.74 Å². The molecule has 100 valence electrons. The van der Waals surface area contributed by atoms with Gasteiger partial charge in [-0.15, -0.1) is 0 Å². The van der Waals surface area contributed by atoms with Gasteiger partial charge in [0.2, 0.25) is 0 Å². The number of aromatic nitrogens is 2. The van der Waals surface area contributed by atoms with Crippen molar-refractivity contribution in [1.82, 2.24) is 9.97 Å². The zero-order chi connectivity index (χ0) is 13.7. The summed E-state index contributed by atoms with van der Waals surface area (Å²) in [5, 5.41) is 0. The number of hydrogen-bond donors (Lipinski definition) is 1. The van der Waals surface area contributed by atoms with Crippen LogP contribution in [-0.4, -0.2) is 16.6 Å². The molecule has 0 bridgehead atoms. The Labute approximate surface area is 117 Å². The Balaban J connectivity index is 1.86. The van der Waals surface area contributed by atoms with Gasteiger partial charge in [-0.05, 0) is 37.1 Å². The van der Waals surface area contributed by atoms with E-state index in [2.05, 4.69) is 43.1 Å². The van der Waals surface area contributed by atoms with E-state index in [4.69, 9.17) is 9.72 Å². The van der Waals surface area contributed by atoms with E-state index in [1.165, 1.54) is 16.7 Å². The van der Waals surface area contributed by atoms with E-state index in [0.29, 0.717) is 6.61 Å². The Hall–Kier alpha value is -2.29. The van der Waals surface area contributed by atoms with Crippen LogP contribution in [0, 0.1) is 13.8 Å². The Kier molecular flexibility index (Phi) is 2.36. The second kappa shape index (κ2) is 4.10. The lowest BCUT2D eigenvalue weighted by Crippen LogP contribution is -2.04. The summed E-state index contributed by atoms with van der Waals surface area (Å²) in [6.07, 6.45) is 0. The maximum Gasteiger partial charge on any atom is 0.123 e. The van der Waals surface area contributed by atoms with Crippen molar-refractivity contribution in [2.24, 2.45) is 0 Å². The zero-order valence-electron chi connectivity index (χ0n) is 11.6. The zero-order valence-corrected chi connectivity index (χ0v) is 11.6. The van der Waals surface area contributed by atoms with Crippen molar-refractivity contribution in [1.29, 1.82) is 0 Å². The Bertz CT molecular complexity index is 804. The first-order chi connectivity index (χ1) is 9.72. The van der Waals surface area contributed by atoms with Crippen LogP contribution in [0.4, 0.5) is 0 Å². The van der Waals surface area contributed by atoms with Gasteiger partial charge in [0.15, 0.2) is 0 Å². The molecule has 0 aliphatic carbocycles. The Morgan fingerprint density at radius 1 is 1.20 bits per heavy atom. The third-order valence-electron chi connectivity index (χ3n) is 3.97. The van der Waals surface area contributed by atoms with Crippen LogP contribution in [0.25, 0.3) is 11.0 Å². The molecule has 2 aromatic carbocycles. The summed E-state index contributed by atoms with van der Waals surface area (Å²) in [5.41, 5.74) is 5.88. The largest absolute Gasteiger partial charge is 0.492 e.